The van der Waals surface area contributed by atoms with Crippen LogP contribution in [0.25, 0.3) is 43.1 Å². The molecule has 4 N–H and O–H groups in total. The number of fused-ring (bicyclic) bond motifs is 2. The van der Waals surface area contributed by atoms with Gasteiger partial charge in [0.15, 0.2) is 0 Å². The van der Waals surface area contributed by atoms with E-state index in [0.717, 1.165) is 0 Å². The lowest BCUT2D eigenvalue weighted by atomic mass is 9.79. The highest BCUT2D eigenvalue weighted by molar-refractivity contribution is 6.38. The Bertz CT molecular complexity index is 1790. The van der Waals surface area contributed by atoms with Crippen molar-refractivity contribution >= 4 is 67.0 Å². The van der Waals surface area contributed by atoms with E-state index in [1.165, 1.54) is 24.3 Å². The van der Waals surface area contributed by atoms with Gasteiger partial charge in [0, 0.05) is 10.8 Å². The zero-order valence-corrected chi connectivity index (χ0v) is 20.0. The molecular weight excluding hydrogens is 476 g/mol. The van der Waals surface area contributed by atoms with Gasteiger partial charge < -0.3 is 20.4 Å². The highest BCUT2D eigenvalue weighted by Crippen LogP contribution is 2.47. The molecule has 0 saturated heterocycles. The van der Waals surface area contributed by atoms with E-state index in [2.05, 4.69) is 0 Å². The molecule has 5 aromatic rings. The zero-order chi connectivity index (χ0) is 26.8. The first-order valence-corrected chi connectivity index (χ1v) is 11.8. The number of aromatic carboxylic acids is 4. The van der Waals surface area contributed by atoms with Gasteiger partial charge >= 0.3 is 23.9 Å². The Morgan fingerprint density at radius 3 is 1.38 bits per heavy atom. The molecule has 5 aromatic carbocycles. The van der Waals surface area contributed by atoms with Crippen molar-refractivity contribution in [2.75, 3.05) is 0 Å². The summed E-state index contributed by atoms with van der Waals surface area (Å²) < 4.78 is 0. The number of hydrogen-bond donors (Lipinski definition) is 4. The first-order valence-electron chi connectivity index (χ1n) is 11.8. The number of carboxylic acid groups (broad SMARTS) is 4. The molecule has 0 radical (unpaired) electrons. The number of carboxylic acids is 4. The first kappa shape index (κ1) is 24.0. The Morgan fingerprint density at radius 2 is 0.946 bits per heavy atom. The molecule has 0 unspecified atom stereocenters. The second kappa shape index (κ2) is 8.44. The summed E-state index contributed by atoms with van der Waals surface area (Å²) in [6.45, 7) is 3.95. The second-order valence-corrected chi connectivity index (χ2v) is 9.10. The molecule has 0 amide bonds. The lowest BCUT2D eigenvalue weighted by Gasteiger charge is -2.24. The van der Waals surface area contributed by atoms with Gasteiger partial charge in [-0.2, -0.15) is 0 Å². The Morgan fingerprint density at radius 1 is 0.541 bits per heavy atom. The predicted octanol–water partition coefficient (Wildman–Crippen LogP) is 6.43. The topological polar surface area (TPSA) is 149 Å². The fraction of sp³-hybridized carbons (Fsp3) is 0.172. The normalized spacial score (nSPS) is 11.8. The van der Waals surface area contributed by atoms with E-state index < -0.39 is 23.9 Å². The van der Waals surface area contributed by atoms with Gasteiger partial charge in [0.2, 0.25) is 0 Å². The van der Waals surface area contributed by atoms with Gasteiger partial charge in [-0.05, 0) is 80.9 Å². The van der Waals surface area contributed by atoms with Crippen LogP contribution in [0.15, 0.2) is 42.5 Å². The van der Waals surface area contributed by atoms with Crippen molar-refractivity contribution in [2.24, 2.45) is 0 Å². The van der Waals surface area contributed by atoms with Gasteiger partial charge in [-0.15, -0.1) is 0 Å². The molecule has 0 aliphatic rings. The first-order chi connectivity index (χ1) is 17.6. The summed E-state index contributed by atoms with van der Waals surface area (Å²) in [7, 11) is 0. The summed E-state index contributed by atoms with van der Waals surface area (Å²) in [5, 5.41) is 43.2. The summed E-state index contributed by atoms with van der Waals surface area (Å²) in [6, 6.07) is 10.3. The van der Waals surface area contributed by atoms with Crippen LogP contribution in [0.4, 0.5) is 0 Å². The van der Waals surface area contributed by atoms with Gasteiger partial charge in [-0.25, -0.2) is 19.2 Å². The molecule has 186 valence electrons. The third-order valence-electron chi connectivity index (χ3n) is 7.38. The smallest absolute Gasteiger partial charge is 0.336 e. The van der Waals surface area contributed by atoms with E-state index in [0.29, 0.717) is 50.7 Å². The van der Waals surface area contributed by atoms with Crippen LogP contribution < -0.4 is 0 Å². The largest absolute Gasteiger partial charge is 0.478 e. The summed E-state index contributed by atoms with van der Waals surface area (Å²) in [5.74, 6) is -5.14. The highest BCUT2D eigenvalue weighted by Gasteiger charge is 2.28. The van der Waals surface area contributed by atoms with Crippen LogP contribution >= 0.6 is 0 Å². The lowest BCUT2D eigenvalue weighted by molar-refractivity contribution is 0.0681. The van der Waals surface area contributed by atoms with Gasteiger partial charge in [0.1, 0.15) is 0 Å². The van der Waals surface area contributed by atoms with E-state index in [4.69, 9.17) is 0 Å². The molecule has 0 fully saturated rings. The molecular formula is C29H22O8. The van der Waals surface area contributed by atoms with Crippen molar-refractivity contribution in [3.05, 3.63) is 70.3 Å². The second-order valence-electron chi connectivity index (χ2n) is 9.10. The van der Waals surface area contributed by atoms with Crippen LogP contribution in [-0.4, -0.2) is 44.3 Å². The van der Waals surface area contributed by atoms with E-state index in [-0.39, 0.29) is 38.9 Å². The van der Waals surface area contributed by atoms with E-state index in [1.807, 2.05) is 13.8 Å². The van der Waals surface area contributed by atoms with Crippen LogP contribution in [0.1, 0.15) is 79.6 Å². The lowest BCUT2D eigenvalue weighted by Crippen LogP contribution is -2.09. The van der Waals surface area contributed by atoms with Gasteiger partial charge in [-0.3, -0.25) is 0 Å². The highest BCUT2D eigenvalue weighted by atomic mass is 16.4. The van der Waals surface area contributed by atoms with Crippen LogP contribution in [0.3, 0.4) is 0 Å². The van der Waals surface area contributed by atoms with Gasteiger partial charge in [-0.1, -0.05) is 32.0 Å². The molecule has 0 saturated carbocycles. The fourth-order valence-electron chi connectivity index (χ4n) is 5.78. The van der Waals surface area contributed by atoms with Crippen LogP contribution in [0, 0.1) is 0 Å². The maximum atomic E-state index is 12.4. The van der Waals surface area contributed by atoms with Crippen molar-refractivity contribution in [2.45, 2.75) is 32.6 Å². The molecule has 0 spiro atoms. The van der Waals surface area contributed by atoms with E-state index >= 15 is 0 Å². The summed E-state index contributed by atoms with van der Waals surface area (Å²) in [5.41, 5.74) is 0.105. The van der Waals surface area contributed by atoms with Crippen LogP contribution in [-0.2, 0) is 0 Å². The van der Waals surface area contributed by atoms with Crippen molar-refractivity contribution in [3.8, 4) is 0 Å². The Hall–Kier alpha value is -4.72. The molecule has 37 heavy (non-hydrogen) atoms. The monoisotopic (exact) mass is 498 g/mol. The van der Waals surface area contributed by atoms with Crippen molar-refractivity contribution < 1.29 is 39.6 Å². The number of rotatable bonds is 7. The maximum Gasteiger partial charge on any atom is 0.336 e. The van der Waals surface area contributed by atoms with Gasteiger partial charge in [0.05, 0.1) is 22.3 Å². The van der Waals surface area contributed by atoms with Crippen LogP contribution in [0.2, 0.25) is 0 Å². The molecule has 0 aliphatic carbocycles. The molecule has 5 rings (SSSR count). The third-order valence-corrected chi connectivity index (χ3v) is 7.38. The third kappa shape index (κ3) is 3.29. The van der Waals surface area contributed by atoms with Crippen molar-refractivity contribution in [1.29, 1.82) is 0 Å². The molecule has 0 aliphatic heterocycles. The number of carbonyl (C=O) groups is 4. The van der Waals surface area contributed by atoms with Crippen molar-refractivity contribution in [3.63, 3.8) is 0 Å². The molecule has 8 heteroatoms. The van der Waals surface area contributed by atoms with Crippen molar-refractivity contribution in [1.82, 2.24) is 0 Å². The minimum Gasteiger partial charge on any atom is -0.478 e. The number of hydrogen-bond acceptors (Lipinski definition) is 4. The van der Waals surface area contributed by atoms with E-state index in [1.54, 1.807) is 18.2 Å². The average molecular weight is 498 g/mol. The Balaban J connectivity index is 2.22. The van der Waals surface area contributed by atoms with Gasteiger partial charge in [0.25, 0.3) is 0 Å². The standard InChI is InChI=1S/C29H22O8/c1-3-12(4-2)19-11-20(29(36)37)24-18(28(34)35)9-6-14-13-5-8-16(26(30)31)23-17(27(32)33)10-7-15(21(13)23)22(19)25(14)24/h5-12H,3-4H2,1-2H3,(H,30,31)(H,32,33)(H,34,35)(H,36,37). The minimum absolute atomic E-state index is 0.0720. The average Bonchev–Trinajstić information content (AvgIpc) is 2.86. The van der Waals surface area contributed by atoms with E-state index in [9.17, 15) is 39.6 Å². The molecule has 8 nitrogen and oxygen atoms in total. The SMILES string of the molecule is CCC(CC)c1cc(C(=O)O)c2c(C(=O)O)ccc3c4ccc(C(=O)O)c5c(C(=O)O)ccc(c1c23)c54. The quantitative estimate of drug-likeness (QED) is 0.148. The molecule has 0 atom stereocenters. The zero-order valence-electron chi connectivity index (χ0n) is 20.0. The molecule has 0 aromatic heterocycles. The summed E-state index contributed by atoms with van der Waals surface area (Å²) in [4.78, 5) is 48.9. The predicted molar refractivity (Wildman–Crippen MR) is 139 cm³/mol. The Kier molecular flexibility index (Phi) is 5.48. The van der Waals surface area contributed by atoms with Crippen LogP contribution in [0.5, 0.6) is 0 Å². The Labute approximate surface area is 209 Å². The minimum atomic E-state index is -1.27. The maximum absolute atomic E-state index is 12.4. The summed E-state index contributed by atoms with van der Waals surface area (Å²) >= 11 is 0. The summed E-state index contributed by atoms with van der Waals surface area (Å²) in [6.07, 6.45) is 1.36. The molecule has 0 heterocycles. The number of benzene rings is 5. The fourth-order valence-corrected chi connectivity index (χ4v) is 5.78. The molecule has 0 bridgehead atoms.